The lowest BCUT2D eigenvalue weighted by Gasteiger charge is -2.18. The molecule has 0 amide bonds. The Morgan fingerprint density at radius 3 is 2.46 bits per heavy atom. The number of carbonyl (C=O) groups is 1. The molecule has 8 heteroatoms. The largest absolute Gasteiger partial charge is 0.479 e. The summed E-state index contributed by atoms with van der Waals surface area (Å²) in [6, 6.07) is 14.7. The van der Waals surface area contributed by atoms with Crippen molar-refractivity contribution in [1.29, 1.82) is 5.26 Å². The monoisotopic (exact) mass is 385 g/mol. The van der Waals surface area contributed by atoms with E-state index in [0.29, 0.717) is 16.8 Å². The highest BCUT2D eigenvalue weighted by Gasteiger charge is 2.26. The number of aromatic nitrogens is 2. The van der Waals surface area contributed by atoms with Crippen molar-refractivity contribution >= 4 is 17.0 Å². The maximum absolute atomic E-state index is 13.5. The quantitative estimate of drug-likeness (QED) is 0.589. The number of hydrogen-bond donors (Lipinski definition) is 0. The van der Waals surface area contributed by atoms with Crippen LogP contribution in [0.3, 0.4) is 0 Å². The molecule has 1 heterocycles. The zero-order valence-electron chi connectivity index (χ0n) is 15.2. The fourth-order valence-corrected chi connectivity index (χ4v) is 2.74. The van der Waals surface area contributed by atoms with Gasteiger partial charge in [-0.3, -0.25) is 4.57 Å². The molecule has 0 bridgehead atoms. The number of rotatable bonds is 6. The number of halogens is 2. The Morgan fingerprint density at radius 2 is 1.82 bits per heavy atom. The summed E-state index contributed by atoms with van der Waals surface area (Å²) in [5, 5.41) is 8.79. The topological polar surface area (TPSA) is 77.1 Å². The average Bonchev–Trinajstić information content (AvgIpc) is 3.08. The van der Waals surface area contributed by atoms with E-state index in [1.807, 2.05) is 6.07 Å². The first-order valence-electron chi connectivity index (χ1n) is 8.53. The van der Waals surface area contributed by atoms with Gasteiger partial charge in [-0.05, 0) is 50.2 Å². The van der Waals surface area contributed by atoms with Crippen LogP contribution < -0.4 is 4.74 Å². The smallest absolute Gasteiger partial charge is 0.347 e. The van der Waals surface area contributed by atoms with Crippen molar-refractivity contribution in [3.8, 4) is 11.8 Å². The van der Waals surface area contributed by atoms with Crippen molar-refractivity contribution in [2.24, 2.45) is 0 Å². The molecule has 28 heavy (non-hydrogen) atoms. The van der Waals surface area contributed by atoms with Gasteiger partial charge in [-0.2, -0.15) is 14.0 Å². The second-order valence-corrected chi connectivity index (χ2v) is 6.08. The first-order chi connectivity index (χ1) is 13.4. The van der Waals surface area contributed by atoms with E-state index in [9.17, 15) is 13.6 Å². The minimum Gasteiger partial charge on any atom is -0.479 e. The van der Waals surface area contributed by atoms with Gasteiger partial charge >= 0.3 is 12.5 Å². The summed E-state index contributed by atoms with van der Waals surface area (Å²) in [4.78, 5) is 16.5. The van der Waals surface area contributed by atoms with Crippen molar-refractivity contribution in [3.05, 3.63) is 59.9 Å². The van der Waals surface area contributed by atoms with Crippen molar-refractivity contribution in [3.63, 3.8) is 0 Å². The number of imidazole rings is 1. The van der Waals surface area contributed by atoms with Gasteiger partial charge in [-0.25, -0.2) is 9.78 Å². The van der Waals surface area contributed by atoms with E-state index in [-0.39, 0.29) is 11.3 Å². The van der Waals surface area contributed by atoms with Gasteiger partial charge in [0.15, 0.2) is 18.0 Å². The van der Waals surface area contributed by atoms with Gasteiger partial charge in [0.1, 0.15) is 5.75 Å². The molecule has 144 valence electrons. The number of ether oxygens (including phenoxy) is 2. The highest BCUT2D eigenvalue weighted by atomic mass is 19.3. The third-order valence-electron chi connectivity index (χ3n) is 4.10. The predicted molar refractivity (Wildman–Crippen MR) is 96.7 cm³/mol. The Kier molecular flexibility index (Phi) is 5.54. The van der Waals surface area contributed by atoms with E-state index >= 15 is 0 Å². The van der Waals surface area contributed by atoms with Crippen molar-refractivity contribution in [2.45, 2.75) is 32.6 Å². The van der Waals surface area contributed by atoms with Crippen LogP contribution in [0.15, 0.2) is 48.5 Å². The van der Waals surface area contributed by atoms with Gasteiger partial charge in [0, 0.05) is 0 Å². The highest BCUT2D eigenvalue weighted by molar-refractivity contribution is 5.77. The molecular formula is C20H17F2N3O3. The standard InChI is InChI=1S/C20H17F2N3O3/c1-12(18-24-16-5-3-4-6-17(16)25(18)20(21)22)28-19(26)13(2)27-15-9-7-14(11-23)8-10-15/h3-10,12-13,20H,1-2H3. The number of benzene rings is 2. The predicted octanol–water partition coefficient (Wildman–Crippen LogP) is 4.37. The van der Waals surface area contributed by atoms with Gasteiger partial charge in [0.05, 0.1) is 22.7 Å². The van der Waals surface area contributed by atoms with Crippen LogP contribution in [-0.4, -0.2) is 21.6 Å². The second kappa shape index (κ2) is 8.05. The van der Waals surface area contributed by atoms with Crippen molar-refractivity contribution in [2.75, 3.05) is 0 Å². The van der Waals surface area contributed by atoms with Crippen LogP contribution in [0.4, 0.5) is 8.78 Å². The minimum absolute atomic E-state index is 0.0462. The molecule has 0 saturated heterocycles. The zero-order valence-corrected chi connectivity index (χ0v) is 15.2. The van der Waals surface area contributed by atoms with E-state index in [1.165, 1.54) is 19.9 Å². The normalized spacial score (nSPS) is 13.1. The number of esters is 1. The molecule has 2 atom stereocenters. The fraction of sp³-hybridized carbons (Fsp3) is 0.250. The molecule has 0 radical (unpaired) electrons. The number of nitriles is 1. The van der Waals surface area contributed by atoms with Crippen LogP contribution in [0.5, 0.6) is 5.75 Å². The molecule has 0 saturated carbocycles. The average molecular weight is 385 g/mol. The van der Waals surface area contributed by atoms with Crippen LogP contribution in [-0.2, 0) is 9.53 Å². The van der Waals surface area contributed by atoms with Crippen molar-refractivity contribution in [1.82, 2.24) is 9.55 Å². The summed E-state index contributed by atoms with van der Waals surface area (Å²) >= 11 is 0. The molecule has 0 aliphatic carbocycles. The molecular weight excluding hydrogens is 368 g/mol. The van der Waals surface area contributed by atoms with Crippen molar-refractivity contribution < 1.29 is 23.0 Å². The maximum atomic E-state index is 13.5. The van der Waals surface area contributed by atoms with Crippen LogP contribution in [0.2, 0.25) is 0 Å². The molecule has 0 aliphatic heterocycles. The first kappa shape index (κ1) is 19.3. The number of para-hydroxylation sites is 2. The fourth-order valence-electron chi connectivity index (χ4n) is 2.74. The molecule has 2 unspecified atom stereocenters. The van der Waals surface area contributed by atoms with E-state index in [4.69, 9.17) is 14.7 Å². The molecule has 0 aliphatic rings. The third kappa shape index (κ3) is 3.93. The molecule has 3 aromatic rings. The summed E-state index contributed by atoms with van der Waals surface area (Å²) < 4.78 is 38.6. The van der Waals surface area contributed by atoms with Crippen LogP contribution in [0.1, 0.15) is 37.9 Å². The van der Waals surface area contributed by atoms with Gasteiger partial charge in [0.25, 0.3) is 0 Å². The van der Waals surface area contributed by atoms with Gasteiger partial charge in [-0.1, -0.05) is 12.1 Å². The molecule has 2 aromatic carbocycles. The van der Waals surface area contributed by atoms with Gasteiger partial charge in [0.2, 0.25) is 0 Å². The second-order valence-electron chi connectivity index (χ2n) is 6.08. The summed E-state index contributed by atoms with van der Waals surface area (Å²) in [5.74, 6) is -0.379. The number of hydrogen-bond acceptors (Lipinski definition) is 5. The number of nitrogens with zero attached hydrogens (tertiary/aromatic N) is 3. The Labute approximate surface area is 159 Å². The van der Waals surface area contributed by atoms with E-state index in [2.05, 4.69) is 4.98 Å². The van der Waals surface area contributed by atoms with E-state index in [0.717, 1.165) is 4.57 Å². The summed E-state index contributed by atoms with van der Waals surface area (Å²) in [6.07, 6.45) is -1.97. The minimum atomic E-state index is -2.82. The lowest BCUT2D eigenvalue weighted by molar-refractivity contribution is -0.157. The molecule has 0 fully saturated rings. The van der Waals surface area contributed by atoms with Crippen LogP contribution >= 0.6 is 0 Å². The Hall–Kier alpha value is -3.47. The number of carbonyl (C=O) groups excluding carboxylic acids is 1. The van der Waals surface area contributed by atoms with Crippen LogP contribution in [0.25, 0.3) is 11.0 Å². The molecule has 6 nitrogen and oxygen atoms in total. The molecule has 0 N–H and O–H groups in total. The third-order valence-corrected chi connectivity index (χ3v) is 4.10. The van der Waals surface area contributed by atoms with E-state index in [1.54, 1.807) is 42.5 Å². The Morgan fingerprint density at radius 1 is 1.14 bits per heavy atom. The van der Waals surface area contributed by atoms with Gasteiger partial charge < -0.3 is 9.47 Å². The lowest BCUT2D eigenvalue weighted by atomic mass is 10.2. The SMILES string of the molecule is CC(Oc1ccc(C#N)cc1)C(=O)OC(C)c1nc2ccccc2n1C(F)F. The summed E-state index contributed by atoms with van der Waals surface area (Å²) in [7, 11) is 0. The zero-order chi connectivity index (χ0) is 20.3. The molecule has 1 aromatic heterocycles. The van der Waals surface area contributed by atoms with E-state index < -0.39 is 24.7 Å². The molecule has 0 spiro atoms. The molecule has 3 rings (SSSR count). The maximum Gasteiger partial charge on any atom is 0.347 e. The Balaban J connectivity index is 1.74. The summed E-state index contributed by atoms with van der Waals surface area (Å²) in [5.41, 5.74) is 1.11. The van der Waals surface area contributed by atoms with Gasteiger partial charge in [-0.15, -0.1) is 0 Å². The Bertz CT molecular complexity index is 1030. The number of alkyl halides is 2. The number of fused-ring (bicyclic) bond motifs is 1. The van der Waals surface area contributed by atoms with Crippen LogP contribution in [0, 0.1) is 11.3 Å². The lowest BCUT2D eigenvalue weighted by Crippen LogP contribution is -2.27. The highest BCUT2D eigenvalue weighted by Crippen LogP contribution is 2.28. The first-order valence-corrected chi connectivity index (χ1v) is 8.53. The summed E-state index contributed by atoms with van der Waals surface area (Å²) in [6.45, 7) is 0.145.